The third-order valence-corrected chi connectivity index (χ3v) is 3.55. The minimum Gasteiger partial charge on any atom is -0.463 e. The Kier molecular flexibility index (Phi) is 8.39. The fourth-order valence-corrected chi connectivity index (χ4v) is 2.27. The molecule has 4 unspecified atom stereocenters. The van der Waals surface area contributed by atoms with Crippen molar-refractivity contribution < 1.29 is 38.1 Å². The van der Waals surface area contributed by atoms with Crippen molar-refractivity contribution in [3.05, 3.63) is 0 Å². The van der Waals surface area contributed by atoms with Gasteiger partial charge in [-0.2, -0.15) is 0 Å². The summed E-state index contributed by atoms with van der Waals surface area (Å²) in [4.78, 5) is 33.8. The van der Waals surface area contributed by atoms with Crippen LogP contribution in [0.2, 0.25) is 0 Å². The number of hydrogen-bond donors (Lipinski definition) is 1. The zero-order valence-corrected chi connectivity index (χ0v) is 16.4. The van der Waals surface area contributed by atoms with Crippen molar-refractivity contribution >= 4 is 58.6 Å². The first-order valence-electron chi connectivity index (χ1n) is 7.35. The van der Waals surface area contributed by atoms with E-state index in [4.69, 9.17) is 63.9 Å². The second-order valence-corrected chi connectivity index (χ2v) is 7.61. The summed E-state index contributed by atoms with van der Waals surface area (Å²) in [5, 5.41) is 7.66. The van der Waals surface area contributed by atoms with Crippen LogP contribution < -0.4 is 0 Å². The van der Waals surface area contributed by atoms with Crippen LogP contribution in [0, 0.1) is 5.41 Å². The SMILES string of the molecule is CC(=O)OCC1CC(OC(C)=O)C(OC(C)=O)C(OC(=N)C(Cl)(Cl)Cl)O1. The Morgan fingerprint density at radius 3 is 2.08 bits per heavy atom. The van der Waals surface area contributed by atoms with Crippen LogP contribution in [0.3, 0.4) is 0 Å². The lowest BCUT2D eigenvalue weighted by atomic mass is 10.0. The second kappa shape index (κ2) is 9.59. The van der Waals surface area contributed by atoms with Gasteiger partial charge in [0.25, 0.3) is 3.79 Å². The number of halogens is 3. The summed E-state index contributed by atoms with van der Waals surface area (Å²) >= 11 is 16.7. The molecule has 0 bridgehead atoms. The van der Waals surface area contributed by atoms with E-state index < -0.39 is 52.2 Å². The van der Waals surface area contributed by atoms with Gasteiger partial charge >= 0.3 is 17.9 Å². The summed E-state index contributed by atoms with van der Waals surface area (Å²) in [6.45, 7) is 3.33. The van der Waals surface area contributed by atoms with Crippen LogP contribution >= 0.6 is 34.8 Å². The van der Waals surface area contributed by atoms with Gasteiger partial charge in [0.1, 0.15) is 12.7 Å². The molecule has 1 fully saturated rings. The summed E-state index contributed by atoms with van der Waals surface area (Å²) < 4.78 is 23.7. The number of nitrogens with one attached hydrogen (secondary N) is 1. The van der Waals surface area contributed by atoms with Crippen LogP contribution in [0.5, 0.6) is 0 Å². The Bertz CT molecular complexity index is 565. The molecular weight excluding hydrogens is 417 g/mol. The van der Waals surface area contributed by atoms with Crippen LogP contribution in [-0.2, 0) is 38.1 Å². The lowest BCUT2D eigenvalue weighted by Gasteiger charge is -2.40. The van der Waals surface area contributed by atoms with Crippen molar-refractivity contribution in [2.75, 3.05) is 6.61 Å². The van der Waals surface area contributed by atoms with Crippen molar-refractivity contribution in [2.24, 2.45) is 0 Å². The molecular formula is C14H18Cl3NO8. The molecule has 1 aliphatic heterocycles. The molecule has 148 valence electrons. The molecule has 0 aromatic rings. The molecule has 1 heterocycles. The van der Waals surface area contributed by atoms with Gasteiger partial charge in [-0.25, -0.2) is 0 Å². The maximum atomic E-state index is 11.4. The first kappa shape index (κ1) is 22.8. The van der Waals surface area contributed by atoms with E-state index in [0.29, 0.717) is 0 Å². The van der Waals surface area contributed by atoms with E-state index in [2.05, 4.69) is 0 Å². The molecule has 0 amide bonds. The molecule has 4 atom stereocenters. The minimum atomic E-state index is -2.19. The standard InChI is InChI=1S/C14H18Cl3NO8/c1-6(19)22-5-9-4-10(23-7(2)20)11(24-8(3)21)12(25-9)26-13(18)14(15,16)17/h9-12,18H,4-5H2,1-3H3. The number of carbonyl (C=O) groups excluding carboxylic acids is 3. The Balaban J connectivity index is 3.04. The largest absolute Gasteiger partial charge is 0.463 e. The summed E-state index contributed by atoms with van der Waals surface area (Å²) in [6, 6.07) is 0. The highest BCUT2D eigenvalue weighted by atomic mass is 35.6. The predicted molar refractivity (Wildman–Crippen MR) is 90.1 cm³/mol. The van der Waals surface area contributed by atoms with Crippen LogP contribution in [0.15, 0.2) is 0 Å². The van der Waals surface area contributed by atoms with Gasteiger partial charge in [0, 0.05) is 27.2 Å². The van der Waals surface area contributed by atoms with E-state index >= 15 is 0 Å². The van der Waals surface area contributed by atoms with Crippen LogP contribution in [0.4, 0.5) is 0 Å². The van der Waals surface area contributed by atoms with Crippen molar-refractivity contribution in [3.8, 4) is 0 Å². The summed E-state index contributed by atoms with van der Waals surface area (Å²) in [7, 11) is 0. The molecule has 0 spiro atoms. The average Bonchev–Trinajstić information content (AvgIpc) is 2.46. The Labute approximate surface area is 164 Å². The van der Waals surface area contributed by atoms with Crippen LogP contribution in [-0.4, -0.2) is 58.8 Å². The van der Waals surface area contributed by atoms with E-state index in [9.17, 15) is 14.4 Å². The zero-order chi connectivity index (χ0) is 20.1. The lowest BCUT2D eigenvalue weighted by Crippen LogP contribution is -2.54. The summed E-state index contributed by atoms with van der Waals surface area (Å²) in [6.07, 6.45) is -4.37. The van der Waals surface area contributed by atoms with Crippen LogP contribution in [0.1, 0.15) is 27.2 Å². The third-order valence-electron chi connectivity index (χ3n) is 3.04. The predicted octanol–water partition coefficient (Wildman–Crippen LogP) is 1.89. The molecule has 0 radical (unpaired) electrons. The molecule has 0 aromatic heterocycles. The molecule has 0 aromatic carbocycles. The second-order valence-electron chi connectivity index (χ2n) is 5.33. The first-order chi connectivity index (χ1) is 11.9. The molecule has 1 N–H and O–H groups in total. The Hall–Kier alpha value is -1.29. The van der Waals surface area contributed by atoms with Crippen LogP contribution in [0.25, 0.3) is 0 Å². The average molecular weight is 435 g/mol. The number of alkyl halides is 3. The van der Waals surface area contributed by atoms with Crippen molar-refractivity contribution in [2.45, 2.75) is 55.6 Å². The molecule has 1 aliphatic rings. The first-order valence-corrected chi connectivity index (χ1v) is 8.49. The van der Waals surface area contributed by atoms with Gasteiger partial charge in [-0.3, -0.25) is 19.8 Å². The fourth-order valence-electron chi connectivity index (χ4n) is 2.14. The van der Waals surface area contributed by atoms with Gasteiger partial charge in [0.15, 0.2) is 0 Å². The molecule has 9 nitrogen and oxygen atoms in total. The van der Waals surface area contributed by atoms with Gasteiger partial charge in [-0.05, 0) is 0 Å². The monoisotopic (exact) mass is 433 g/mol. The highest BCUT2D eigenvalue weighted by molar-refractivity contribution is 6.76. The van der Waals surface area contributed by atoms with E-state index in [-0.39, 0.29) is 13.0 Å². The normalized spacial score (nSPS) is 25.8. The number of esters is 3. The number of hydrogen-bond acceptors (Lipinski definition) is 9. The maximum Gasteiger partial charge on any atom is 0.303 e. The highest BCUT2D eigenvalue weighted by Crippen LogP contribution is 2.32. The minimum absolute atomic E-state index is 0.0474. The van der Waals surface area contributed by atoms with E-state index in [1.54, 1.807) is 0 Å². The van der Waals surface area contributed by atoms with Gasteiger partial charge in [0.05, 0.1) is 6.10 Å². The molecule has 0 aliphatic carbocycles. The lowest BCUT2D eigenvalue weighted by molar-refractivity contribution is -0.259. The zero-order valence-electron chi connectivity index (χ0n) is 14.1. The van der Waals surface area contributed by atoms with E-state index in [1.807, 2.05) is 0 Å². The van der Waals surface area contributed by atoms with Crippen molar-refractivity contribution in [1.82, 2.24) is 0 Å². The smallest absolute Gasteiger partial charge is 0.303 e. The van der Waals surface area contributed by atoms with Gasteiger partial charge in [-0.15, -0.1) is 0 Å². The highest BCUT2D eigenvalue weighted by Gasteiger charge is 2.46. The topological polar surface area (TPSA) is 121 Å². The van der Waals surface area contributed by atoms with Crippen molar-refractivity contribution in [3.63, 3.8) is 0 Å². The van der Waals surface area contributed by atoms with Gasteiger partial charge in [0.2, 0.25) is 18.3 Å². The summed E-state index contributed by atoms with van der Waals surface area (Å²) in [5.74, 6) is -2.69. The van der Waals surface area contributed by atoms with Gasteiger partial charge < -0.3 is 23.7 Å². The van der Waals surface area contributed by atoms with Gasteiger partial charge in [-0.1, -0.05) is 34.8 Å². The molecule has 1 saturated heterocycles. The maximum absolute atomic E-state index is 11.4. The van der Waals surface area contributed by atoms with Crippen molar-refractivity contribution in [1.29, 1.82) is 5.41 Å². The molecule has 26 heavy (non-hydrogen) atoms. The fraction of sp³-hybridized carbons (Fsp3) is 0.714. The number of carbonyl (C=O) groups is 3. The summed E-state index contributed by atoms with van der Waals surface area (Å²) in [5.41, 5.74) is 0. The third kappa shape index (κ3) is 7.53. The Morgan fingerprint density at radius 1 is 1.04 bits per heavy atom. The quantitative estimate of drug-likeness (QED) is 0.229. The van der Waals surface area contributed by atoms with E-state index in [1.165, 1.54) is 13.8 Å². The number of rotatable bonds is 5. The van der Waals surface area contributed by atoms with E-state index in [0.717, 1.165) is 6.92 Å². The Morgan fingerprint density at radius 2 is 1.62 bits per heavy atom. The molecule has 12 heteroatoms. The molecule has 1 rings (SSSR count). The molecule has 0 saturated carbocycles. The number of ether oxygens (including phenoxy) is 5.